The quantitative estimate of drug-likeness (QED) is 0.735. The standard InChI is InChI=1S/C19H30N2/c1-5-20-13-8-9-16-15-21(14-12-19(2,3)4)18-11-7-6-10-17(16)18/h6-7,10-11,15,20H,5,8-9,12-14H2,1-4H3. The van der Waals surface area contributed by atoms with Crippen LogP contribution in [0.5, 0.6) is 0 Å². The first kappa shape index (κ1) is 16.1. The minimum absolute atomic E-state index is 0.385. The first-order valence-corrected chi connectivity index (χ1v) is 8.29. The highest BCUT2D eigenvalue weighted by molar-refractivity contribution is 5.83. The molecule has 2 nitrogen and oxygen atoms in total. The summed E-state index contributed by atoms with van der Waals surface area (Å²) in [6, 6.07) is 8.83. The third kappa shape index (κ3) is 4.60. The molecule has 0 fully saturated rings. The van der Waals surface area contributed by atoms with Crippen molar-refractivity contribution >= 4 is 10.9 Å². The minimum Gasteiger partial charge on any atom is -0.347 e. The van der Waals surface area contributed by atoms with Gasteiger partial charge in [0.05, 0.1) is 0 Å². The third-order valence-electron chi connectivity index (χ3n) is 4.02. The molecule has 1 heterocycles. The Labute approximate surface area is 129 Å². The molecule has 2 aromatic rings. The van der Waals surface area contributed by atoms with Crippen molar-refractivity contribution in [2.45, 2.75) is 53.5 Å². The van der Waals surface area contributed by atoms with E-state index in [1.54, 1.807) is 0 Å². The van der Waals surface area contributed by atoms with Crippen LogP contribution in [0.15, 0.2) is 30.5 Å². The van der Waals surface area contributed by atoms with E-state index in [0.717, 1.165) is 26.1 Å². The number of para-hydroxylation sites is 1. The number of nitrogens with zero attached hydrogens (tertiary/aromatic N) is 1. The number of rotatable bonds is 7. The average molecular weight is 286 g/mol. The number of hydrogen-bond acceptors (Lipinski definition) is 1. The van der Waals surface area contributed by atoms with Gasteiger partial charge in [0.2, 0.25) is 0 Å². The maximum absolute atomic E-state index is 3.41. The van der Waals surface area contributed by atoms with Crippen molar-refractivity contribution in [3.63, 3.8) is 0 Å². The van der Waals surface area contributed by atoms with Crippen LogP contribution in [0.2, 0.25) is 0 Å². The molecular weight excluding hydrogens is 256 g/mol. The highest BCUT2D eigenvalue weighted by Gasteiger charge is 2.12. The van der Waals surface area contributed by atoms with Gasteiger partial charge >= 0.3 is 0 Å². The van der Waals surface area contributed by atoms with Crippen molar-refractivity contribution in [2.75, 3.05) is 13.1 Å². The van der Waals surface area contributed by atoms with Crippen molar-refractivity contribution in [3.8, 4) is 0 Å². The van der Waals surface area contributed by atoms with Gasteiger partial charge in [-0.3, -0.25) is 0 Å². The van der Waals surface area contributed by atoms with E-state index in [1.807, 2.05) is 0 Å². The molecule has 116 valence electrons. The average Bonchev–Trinajstić information content (AvgIpc) is 2.79. The summed E-state index contributed by atoms with van der Waals surface area (Å²) in [6.07, 6.45) is 5.96. The maximum Gasteiger partial charge on any atom is 0.0483 e. The van der Waals surface area contributed by atoms with Crippen LogP contribution in [0.3, 0.4) is 0 Å². The van der Waals surface area contributed by atoms with E-state index in [4.69, 9.17) is 0 Å². The number of aryl methyl sites for hydroxylation is 2. The van der Waals surface area contributed by atoms with Gasteiger partial charge in [-0.2, -0.15) is 0 Å². The second-order valence-electron chi connectivity index (χ2n) is 7.13. The summed E-state index contributed by atoms with van der Waals surface area (Å²) < 4.78 is 2.45. The summed E-state index contributed by atoms with van der Waals surface area (Å²) in [5, 5.41) is 4.84. The highest BCUT2D eigenvalue weighted by Crippen LogP contribution is 2.25. The summed E-state index contributed by atoms with van der Waals surface area (Å²) >= 11 is 0. The fourth-order valence-corrected chi connectivity index (χ4v) is 2.74. The van der Waals surface area contributed by atoms with Crippen molar-refractivity contribution in [1.29, 1.82) is 0 Å². The maximum atomic E-state index is 3.41. The highest BCUT2D eigenvalue weighted by atomic mass is 15.0. The lowest BCUT2D eigenvalue weighted by Gasteiger charge is -2.18. The van der Waals surface area contributed by atoms with Crippen LogP contribution in [0.1, 0.15) is 46.1 Å². The summed E-state index contributed by atoms with van der Waals surface area (Å²) in [7, 11) is 0. The molecule has 2 rings (SSSR count). The lowest BCUT2D eigenvalue weighted by atomic mass is 9.92. The van der Waals surface area contributed by atoms with Gasteiger partial charge in [-0.1, -0.05) is 45.9 Å². The lowest BCUT2D eigenvalue weighted by Crippen LogP contribution is -2.14. The third-order valence-corrected chi connectivity index (χ3v) is 4.02. The molecule has 0 spiro atoms. The van der Waals surface area contributed by atoms with E-state index in [1.165, 1.54) is 29.3 Å². The summed E-state index contributed by atoms with van der Waals surface area (Å²) in [4.78, 5) is 0. The number of aromatic nitrogens is 1. The van der Waals surface area contributed by atoms with Gasteiger partial charge in [-0.15, -0.1) is 0 Å². The molecule has 1 aromatic heterocycles. The van der Waals surface area contributed by atoms with Crippen molar-refractivity contribution in [2.24, 2.45) is 5.41 Å². The molecule has 0 aliphatic rings. The lowest BCUT2D eigenvalue weighted by molar-refractivity contribution is 0.353. The molecule has 21 heavy (non-hydrogen) atoms. The van der Waals surface area contributed by atoms with Gasteiger partial charge < -0.3 is 9.88 Å². The number of hydrogen-bond donors (Lipinski definition) is 1. The Morgan fingerprint density at radius 3 is 2.62 bits per heavy atom. The summed E-state index contributed by atoms with van der Waals surface area (Å²) in [6.45, 7) is 12.4. The molecule has 0 unspecified atom stereocenters. The number of benzene rings is 1. The smallest absolute Gasteiger partial charge is 0.0483 e. The van der Waals surface area contributed by atoms with Gasteiger partial charge in [0.15, 0.2) is 0 Å². The Bertz CT molecular complexity index is 560. The van der Waals surface area contributed by atoms with E-state index in [0.29, 0.717) is 5.41 Å². The largest absolute Gasteiger partial charge is 0.347 e. The van der Waals surface area contributed by atoms with Crippen LogP contribution in [0, 0.1) is 5.41 Å². The van der Waals surface area contributed by atoms with Gasteiger partial charge in [0.25, 0.3) is 0 Å². The van der Waals surface area contributed by atoms with Gasteiger partial charge in [-0.05, 0) is 49.4 Å². The van der Waals surface area contributed by atoms with E-state index >= 15 is 0 Å². The molecule has 1 N–H and O–H groups in total. The zero-order chi connectivity index (χ0) is 15.3. The Kier molecular flexibility index (Phi) is 5.46. The molecule has 0 radical (unpaired) electrons. The first-order valence-electron chi connectivity index (χ1n) is 8.29. The van der Waals surface area contributed by atoms with E-state index in [2.05, 4.69) is 68.0 Å². The molecule has 2 heteroatoms. The zero-order valence-electron chi connectivity index (χ0n) is 14.1. The fourth-order valence-electron chi connectivity index (χ4n) is 2.74. The Morgan fingerprint density at radius 1 is 1.14 bits per heavy atom. The second-order valence-corrected chi connectivity index (χ2v) is 7.13. The molecule has 0 atom stereocenters. The second kappa shape index (κ2) is 7.13. The predicted molar refractivity (Wildman–Crippen MR) is 92.9 cm³/mol. The van der Waals surface area contributed by atoms with Crippen molar-refractivity contribution in [3.05, 3.63) is 36.0 Å². The predicted octanol–water partition coefficient (Wildman–Crippen LogP) is 4.62. The van der Waals surface area contributed by atoms with Gasteiger partial charge in [-0.25, -0.2) is 0 Å². The number of nitrogens with one attached hydrogen (secondary N) is 1. The van der Waals surface area contributed by atoms with Crippen LogP contribution in [0.25, 0.3) is 10.9 Å². The van der Waals surface area contributed by atoms with Crippen LogP contribution in [-0.4, -0.2) is 17.7 Å². The summed E-state index contributed by atoms with van der Waals surface area (Å²) in [5.74, 6) is 0. The molecule has 1 aromatic carbocycles. The van der Waals surface area contributed by atoms with Gasteiger partial charge in [0.1, 0.15) is 0 Å². The molecule has 0 saturated carbocycles. The molecule has 0 aliphatic heterocycles. The molecule has 0 bridgehead atoms. The van der Waals surface area contributed by atoms with E-state index in [-0.39, 0.29) is 0 Å². The number of fused-ring (bicyclic) bond motifs is 1. The van der Waals surface area contributed by atoms with E-state index < -0.39 is 0 Å². The normalized spacial score (nSPS) is 12.2. The minimum atomic E-state index is 0.385. The van der Waals surface area contributed by atoms with E-state index in [9.17, 15) is 0 Å². The van der Waals surface area contributed by atoms with Crippen molar-refractivity contribution in [1.82, 2.24) is 9.88 Å². The molecule has 0 saturated heterocycles. The zero-order valence-corrected chi connectivity index (χ0v) is 14.1. The van der Waals surface area contributed by atoms with Crippen molar-refractivity contribution < 1.29 is 0 Å². The Morgan fingerprint density at radius 2 is 1.90 bits per heavy atom. The van der Waals surface area contributed by atoms with Crippen LogP contribution < -0.4 is 5.32 Å². The Hall–Kier alpha value is -1.28. The van der Waals surface area contributed by atoms with Gasteiger partial charge in [0, 0.05) is 23.6 Å². The monoisotopic (exact) mass is 286 g/mol. The molecule has 0 aliphatic carbocycles. The molecular formula is C19H30N2. The Balaban J connectivity index is 2.14. The SMILES string of the molecule is CCNCCCc1cn(CCC(C)(C)C)c2ccccc12. The first-order chi connectivity index (χ1) is 10.0. The molecule has 0 amide bonds. The summed E-state index contributed by atoms with van der Waals surface area (Å²) in [5.41, 5.74) is 3.27. The van der Waals surface area contributed by atoms with Crippen LogP contribution in [0.4, 0.5) is 0 Å². The fraction of sp³-hybridized carbons (Fsp3) is 0.579. The van der Waals surface area contributed by atoms with Crippen LogP contribution in [-0.2, 0) is 13.0 Å². The van der Waals surface area contributed by atoms with Crippen LogP contribution >= 0.6 is 0 Å². The topological polar surface area (TPSA) is 17.0 Å².